The largest absolute Gasteiger partial charge is 0.457 e. The van der Waals surface area contributed by atoms with E-state index in [0.717, 1.165) is 5.92 Å². The lowest BCUT2D eigenvalue weighted by Gasteiger charge is -2.03. The molecule has 1 rings (SSSR count). The second-order valence-corrected chi connectivity index (χ2v) is 3.16. The van der Waals surface area contributed by atoms with E-state index in [4.69, 9.17) is 11.6 Å². The quantitative estimate of drug-likeness (QED) is 0.741. The maximum atomic E-state index is 11.7. The van der Waals surface area contributed by atoms with Gasteiger partial charge in [0.15, 0.2) is 0 Å². The third-order valence-corrected chi connectivity index (χ3v) is 1.79. The van der Waals surface area contributed by atoms with Gasteiger partial charge in [0.05, 0.1) is 0 Å². The Morgan fingerprint density at radius 3 is 2.20 bits per heavy atom. The van der Waals surface area contributed by atoms with Gasteiger partial charge in [-0.05, 0) is 17.7 Å². The Kier molecular flexibility index (Phi) is 3.61. The molecule has 0 radical (unpaired) electrons. The fraction of sp³-hybridized carbons (Fsp3) is 0.200. The summed E-state index contributed by atoms with van der Waals surface area (Å²) in [5.41, 5.74) is 0.274. The third-order valence-electron chi connectivity index (χ3n) is 1.54. The molecule has 1 nitrogen and oxygen atoms in total. The fourth-order valence-electron chi connectivity index (χ4n) is 0.879. The Hall–Kier alpha value is -1.18. The number of aliphatic hydroxyl groups is 1. The highest BCUT2D eigenvalue weighted by molar-refractivity contribution is 6.30. The molecule has 0 saturated heterocycles. The predicted molar refractivity (Wildman–Crippen MR) is 50.2 cm³/mol. The van der Waals surface area contributed by atoms with Gasteiger partial charge in [-0.1, -0.05) is 29.7 Å². The van der Waals surface area contributed by atoms with Crippen LogP contribution in [0, 0.1) is 11.8 Å². The van der Waals surface area contributed by atoms with Crippen LogP contribution in [0.4, 0.5) is 13.2 Å². The van der Waals surface area contributed by atoms with E-state index in [2.05, 4.69) is 0 Å². The van der Waals surface area contributed by atoms with E-state index < -0.39 is 12.3 Å². The van der Waals surface area contributed by atoms with Crippen LogP contribution in [0.25, 0.3) is 0 Å². The van der Waals surface area contributed by atoms with Crippen molar-refractivity contribution >= 4 is 11.6 Å². The van der Waals surface area contributed by atoms with Crippen molar-refractivity contribution in [3.63, 3.8) is 0 Å². The molecule has 0 amide bonds. The summed E-state index contributed by atoms with van der Waals surface area (Å²) in [5.74, 6) is 2.70. The minimum atomic E-state index is -4.59. The van der Waals surface area contributed by atoms with Crippen molar-refractivity contribution in [2.24, 2.45) is 0 Å². The first kappa shape index (κ1) is 11.9. The van der Waals surface area contributed by atoms with Gasteiger partial charge >= 0.3 is 6.18 Å². The summed E-state index contributed by atoms with van der Waals surface area (Å²) >= 11 is 5.57. The van der Waals surface area contributed by atoms with Gasteiger partial charge in [-0.25, -0.2) is 0 Å². The Morgan fingerprint density at radius 2 is 1.73 bits per heavy atom. The molecule has 0 aromatic heterocycles. The highest BCUT2D eigenvalue weighted by Crippen LogP contribution is 2.17. The molecule has 0 heterocycles. The fourth-order valence-corrected chi connectivity index (χ4v) is 1.00. The van der Waals surface area contributed by atoms with E-state index in [0.29, 0.717) is 5.02 Å². The maximum absolute atomic E-state index is 11.7. The number of alkyl halides is 3. The van der Waals surface area contributed by atoms with E-state index >= 15 is 0 Å². The molecule has 5 heteroatoms. The van der Waals surface area contributed by atoms with E-state index in [9.17, 15) is 18.3 Å². The average molecular weight is 235 g/mol. The topological polar surface area (TPSA) is 20.2 Å². The molecular formula is C10H6ClF3O. The predicted octanol–water partition coefficient (Wildman–Crippen LogP) is 2.94. The molecule has 0 bridgehead atoms. The lowest BCUT2D eigenvalue weighted by atomic mass is 10.1. The van der Waals surface area contributed by atoms with E-state index in [1.54, 1.807) is 5.92 Å². The first-order valence-corrected chi connectivity index (χ1v) is 4.29. The van der Waals surface area contributed by atoms with Gasteiger partial charge in [0.25, 0.3) is 0 Å². The van der Waals surface area contributed by atoms with Crippen LogP contribution < -0.4 is 0 Å². The standard InChI is InChI=1S/C10H6ClF3O/c11-8-3-1-7(2-4-8)9(15)5-6-10(12,13)14/h1-4,9,15H. The van der Waals surface area contributed by atoms with E-state index in [1.165, 1.54) is 24.3 Å². The zero-order chi connectivity index (χ0) is 11.5. The molecule has 1 aromatic rings. The van der Waals surface area contributed by atoms with Crippen molar-refractivity contribution in [1.29, 1.82) is 0 Å². The second-order valence-electron chi connectivity index (χ2n) is 2.72. The first-order chi connectivity index (χ1) is 6.88. The van der Waals surface area contributed by atoms with Crippen LogP contribution >= 0.6 is 11.6 Å². The van der Waals surface area contributed by atoms with E-state index in [1.807, 2.05) is 0 Å². The van der Waals surface area contributed by atoms with E-state index in [-0.39, 0.29) is 5.56 Å². The first-order valence-electron chi connectivity index (χ1n) is 3.91. The highest BCUT2D eigenvalue weighted by atomic mass is 35.5. The molecule has 1 atom stereocenters. The van der Waals surface area contributed by atoms with Gasteiger partial charge < -0.3 is 5.11 Å². The molecule has 0 aliphatic heterocycles. The molecule has 0 aliphatic rings. The van der Waals surface area contributed by atoms with Crippen molar-refractivity contribution in [3.05, 3.63) is 34.9 Å². The molecule has 1 unspecified atom stereocenters. The summed E-state index contributed by atoms with van der Waals surface area (Å²) < 4.78 is 35.1. The lowest BCUT2D eigenvalue weighted by molar-refractivity contribution is -0.0700. The third kappa shape index (κ3) is 4.24. The van der Waals surface area contributed by atoms with Gasteiger partial charge in [0.2, 0.25) is 0 Å². The Balaban J connectivity index is 2.80. The van der Waals surface area contributed by atoms with Gasteiger partial charge in [0, 0.05) is 10.9 Å². The number of hydrogen-bond acceptors (Lipinski definition) is 1. The number of aliphatic hydroxyl groups excluding tert-OH is 1. The Morgan fingerprint density at radius 1 is 1.20 bits per heavy atom. The second kappa shape index (κ2) is 4.56. The van der Waals surface area contributed by atoms with Gasteiger partial charge in [-0.3, -0.25) is 0 Å². The van der Waals surface area contributed by atoms with Crippen LogP contribution in [-0.4, -0.2) is 11.3 Å². The lowest BCUT2D eigenvalue weighted by Crippen LogP contribution is -2.03. The zero-order valence-electron chi connectivity index (χ0n) is 7.35. The summed E-state index contributed by atoms with van der Waals surface area (Å²) in [6.07, 6.45) is -6.04. The summed E-state index contributed by atoms with van der Waals surface area (Å²) in [6, 6.07) is 5.76. The van der Waals surface area contributed by atoms with Crippen LogP contribution in [0.5, 0.6) is 0 Å². The summed E-state index contributed by atoms with van der Waals surface area (Å²) in [6.45, 7) is 0. The summed E-state index contributed by atoms with van der Waals surface area (Å²) in [4.78, 5) is 0. The van der Waals surface area contributed by atoms with Gasteiger partial charge in [0.1, 0.15) is 6.10 Å². The molecule has 0 fully saturated rings. The van der Waals surface area contributed by atoms with Crippen LogP contribution in [0.1, 0.15) is 11.7 Å². The van der Waals surface area contributed by atoms with Crippen molar-refractivity contribution in [2.75, 3.05) is 0 Å². The maximum Gasteiger partial charge on any atom is 0.457 e. The van der Waals surface area contributed by atoms with Crippen molar-refractivity contribution in [3.8, 4) is 11.8 Å². The van der Waals surface area contributed by atoms with Crippen molar-refractivity contribution < 1.29 is 18.3 Å². The molecule has 0 aliphatic carbocycles. The Bertz CT molecular complexity index is 386. The number of benzene rings is 1. The Labute approximate surface area is 89.5 Å². The van der Waals surface area contributed by atoms with Crippen molar-refractivity contribution in [1.82, 2.24) is 0 Å². The van der Waals surface area contributed by atoms with Gasteiger partial charge in [-0.15, -0.1) is 0 Å². The highest BCUT2D eigenvalue weighted by Gasteiger charge is 2.23. The minimum Gasteiger partial charge on any atom is -0.376 e. The smallest absolute Gasteiger partial charge is 0.376 e. The molecule has 80 valence electrons. The molecule has 1 aromatic carbocycles. The average Bonchev–Trinajstić information content (AvgIpc) is 2.14. The van der Waals surface area contributed by atoms with Gasteiger partial charge in [-0.2, -0.15) is 13.2 Å². The zero-order valence-corrected chi connectivity index (χ0v) is 8.10. The number of rotatable bonds is 1. The molecule has 0 saturated carbocycles. The van der Waals surface area contributed by atoms with Crippen LogP contribution in [0.2, 0.25) is 5.02 Å². The van der Waals surface area contributed by atoms with Crippen molar-refractivity contribution in [2.45, 2.75) is 12.3 Å². The number of halogens is 4. The molecule has 15 heavy (non-hydrogen) atoms. The number of hydrogen-bond donors (Lipinski definition) is 1. The minimum absolute atomic E-state index is 0.274. The van der Waals surface area contributed by atoms with Crippen LogP contribution in [0.3, 0.4) is 0 Å². The summed E-state index contributed by atoms with van der Waals surface area (Å²) in [7, 11) is 0. The van der Waals surface area contributed by atoms with Crippen LogP contribution in [0.15, 0.2) is 24.3 Å². The molecule has 0 spiro atoms. The normalized spacial score (nSPS) is 12.9. The monoisotopic (exact) mass is 234 g/mol. The molecular weight excluding hydrogens is 229 g/mol. The SMILES string of the molecule is OC(C#CC(F)(F)F)c1ccc(Cl)cc1. The molecule has 1 N–H and O–H groups in total. The van der Waals surface area contributed by atoms with Crippen LogP contribution in [-0.2, 0) is 0 Å². The summed E-state index contributed by atoms with van der Waals surface area (Å²) in [5, 5.41) is 9.70.